The Hall–Kier alpha value is -1.16. The number of nitrogens with one attached hydrogen (secondary N) is 1. The number of ether oxygens (including phenoxy) is 1. The zero-order valence-electron chi connectivity index (χ0n) is 10.8. The van der Waals surface area contributed by atoms with E-state index in [0.717, 1.165) is 31.4 Å². The first kappa shape index (κ1) is 13.3. The van der Waals surface area contributed by atoms with Gasteiger partial charge in [0, 0.05) is 11.6 Å². The summed E-state index contributed by atoms with van der Waals surface area (Å²) in [6.45, 7) is 2.32. The van der Waals surface area contributed by atoms with Crippen molar-refractivity contribution in [3.63, 3.8) is 0 Å². The highest BCUT2D eigenvalue weighted by Gasteiger charge is 2.22. The van der Waals surface area contributed by atoms with E-state index in [2.05, 4.69) is 5.32 Å². The number of hydrogen-bond donors (Lipinski definition) is 1. The molecule has 1 saturated heterocycles. The Morgan fingerprint density at radius 2 is 2.17 bits per heavy atom. The summed E-state index contributed by atoms with van der Waals surface area (Å²) in [7, 11) is 1.45. The Morgan fingerprint density at radius 3 is 2.72 bits per heavy atom. The number of hydrogen-bond acceptors (Lipinski definition) is 2. The molecule has 1 aromatic rings. The van der Waals surface area contributed by atoms with Crippen LogP contribution in [0.4, 0.5) is 8.78 Å². The van der Waals surface area contributed by atoms with E-state index in [0.29, 0.717) is 5.56 Å². The molecule has 1 heterocycles. The quantitative estimate of drug-likeness (QED) is 0.889. The lowest BCUT2D eigenvalue weighted by Gasteiger charge is -2.26. The minimum Gasteiger partial charge on any atom is -0.493 e. The van der Waals surface area contributed by atoms with Gasteiger partial charge in [0.1, 0.15) is 6.17 Å². The largest absolute Gasteiger partial charge is 0.493 e. The van der Waals surface area contributed by atoms with Crippen LogP contribution in [-0.4, -0.2) is 13.7 Å². The summed E-state index contributed by atoms with van der Waals surface area (Å²) in [5.41, 5.74) is 1.10. The molecule has 100 valence electrons. The molecule has 1 aliphatic rings. The highest BCUT2D eigenvalue weighted by atomic mass is 19.1. The third-order valence-corrected chi connectivity index (χ3v) is 3.44. The van der Waals surface area contributed by atoms with E-state index in [4.69, 9.17) is 4.74 Å². The highest BCUT2D eigenvalue weighted by Crippen LogP contribution is 2.35. The van der Waals surface area contributed by atoms with Crippen LogP contribution in [0.2, 0.25) is 0 Å². The second-order valence-corrected chi connectivity index (χ2v) is 4.74. The highest BCUT2D eigenvalue weighted by molar-refractivity contribution is 5.41. The second-order valence-electron chi connectivity index (χ2n) is 4.74. The smallest absolute Gasteiger partial charge is 0.165 e. The van der Waals surface area contributed by atoms with Crippen LogP contribution in [0.3, 0.4) is 0 Å². The molecule has 0 radical (unpaired) electrons. The van der Waals surface area contributed by atoms with Crippen LogP contribution in [0.15, 0.2) is 12.1 Å². The molecule has 4 heteroatoms. The Bertz CT molecular complexity index is 415. The van der Waals surface area contributed by atoms with Crippen molar-refractivity contribution in [2.24, 2.45) is 0 Å². The first-order valence-corrected chi connectivity index (χ1v) is 6.38. The maximum atomic E-state index is 13.9. The Balaban J connectivity index is 2.41. The van der Waals surface area contributed by atoms with E-state index in [1.54, 1.807) is 6.07 Å². The maximum absolute atomic E-state index is 13.9. The molecule has 18 heavy (non-hydrogen) atoms. The van der Waals surface area contributed by atoms with E-state index in [1.165, 1.54) is 20.1 Å². The molecule has 0 aromatic heterocycles. The summed E-state index contributed by atoms with van der Waals surface area (Å²) in [5.74, 6) is -0.249. The molecular formula is C14H19F2NO. The molecule has 2 nitrogen and oxygen atoms in total. The standard InChI is InChI=1S/C14H19F2NO/c1-9(15)10-7-11(13-5-3-4-6-17-13)14(18-2)12(16)8-10/h7-9,13,17H,3-6H2,1-2H3. The number of halogens is 2. The minimum absolute atomic E-state index is 0.0573. The zero-order chi connectivity index (χ0) is 13.1. The summed E-state index contributed by atoms with van der Waals surface area (Å²) in [6, 6.07) is 2.99. The number of rotatable bonds is 3. The van der Waals surface area contributed by atoms with Crippen LogP contribution < -0.4 is 10.1 Å². The topological polar surface area (TPSA) is 21.3 Å². The van der Waals surface area contributed by atoms with Crippen LogP contribution in [0.5, 0.6) is 5.75 Å². The van der Waals surface area contributed by atoms with E-state index in [-0.39, 0.29) is 11.8 Å². The van der Waals surface area contributed by atoms with Crippen molar-refractivity contribution in [3.05, 3.63) is 29.1 Å². The number of methoxy groups -OCH3 is 1. The van der Waals surface area contributed by atoms with Crippen molar-refractivity contribution in [1.82, 2.24) is 5.32 Å². The summed E-state index contributed by atoms with van der Waals surface area (Å²) in [6.07, 6.45) is 1.98. The van der Waals surface area contributed by atoms with Gasteiger partial charge < -0.3 is 10.1 Å². The minimum atomic E-state index is -1.17. The van der Waals surface area contributed by atoms with E-state index < -0.39 is 12.0 Å². The molecule has 0 amide bonds. The van der Waals surface area contributed by atoms with Gasteiger partial charge >= 0.3 is 0 Å². The molecule has 2 atom stereocenters. The van der Waals surface area contributed by atoms with Crippen molar-refractivity contribution >= 4 is 0 Å². The van der Waals surface area contributed by atoms with Crippen LogP contribution in [-0.2, 0) is 0 Å². The van der Waals surface area contributed by atoms with Crippen molar-refractivity contribution < 1.29 is 13.5 Å². The fraction of sp³-hybridized carbons (Fsp3) is 0.571. The summed E-state index contributed by atoms with van der Waals surface area (Å²) >= 11 is 0. The van der Waals surface area contributed by atoms with Gasteiger partial charge in [-0.25, -0.2) is 8.78 Å². The predicted molar refractivity (Wildman–Crippen MR) is 67.1 cm³/mol. The lowest BCUT2D eigenvalue weighted by molar-refractivity contribution is 0.347. The summed E-state index contributed by atoms with van der Waals surface area (Å²) < 4.78 is 32.4. The molecule has 1 aromatic carbocycles. The van der Waals surface area contributed by atoms with Crippen LogP contribution in [0, 0.1) is 5.82 Å². The Kier molecular flexibility index (Phi) is 4.17. The molecular weight excluding hydrogens is 236 g/mol. The molecule has 0 saturated carbocycles. The molecule has 1 fully saturated rings. The van der Waals surface area contributed by atoms with Gasteiger partial charge in [0.2, 0.25) is 0 Å². The SMILES string of the molecule is COc1c(F)cc(C(C)F)cc1C1CCCCN1. The fourth-order valence-electron chi connectivity index (χ4n) is 2.46. The normalized spacial score (nSPS) is 21.7. The third kappa shape index (κ3) is 2.64. The van der Waals surface area contributed by atoms with Gasteiger partial charge in [0.25, 0.3) is 0 Å². The van der Waals surface area contributed by atoms with Gasteiger partial charge in [0.05, 0.1) is 7.11 Å². The zero-order valence-corrected chi connectivity index (χ0v) is 10.8. The molecule has 2 rings (SSSR count). The molecule has 0 aliphatic carbocycles. The monoisotopic (exact) mass is 255 g/mol. The number of piperidine rings is 1. The van der Waals surface area contributed by atoms with E-state index in [1.807, 2.05) is 0 Å². The predicted octanol–water partition coefficient (Wildman–Crippen LogP) is 3.68. The van der Waals surface area contributed by atoms with Crippen LogP contribution in [0.25, 0.3) is 0 Å². The Morgan fingerprint density at radius 1 is 1.39 bits per heavy atom. The van der Waals surface area contributed by atoms with Gasteiger partial charge in [0.15, 0.2) is 11.6 Å². The molecule has 1 aliphatic heterocycles. The van der Waals surface area contributed by atoms with Crippen LogP contribution in [0.1, 0.15) is 49.5 Å². The number of benzene rings is 1. The first-order chi connectivity index (χ1) is 8.63. The molecule has 1 N–H and O–H groups in total. The van der Waals surface area contributed by atoms with Crippen molar-refractivity contribution in [2.45, 2.75) is 38.4 Å². The maximum Gasteiger partial charge on any atom is 0.165 e. The first-order valence-electron chi connectivity index (χ1n) is 6.38. The molecule has 0 bridgehead atoms. The van der Waals surface area contributed by atoms with Gasteiger partial charge in [-0.2, -0.15) is 0 Å². The van der Waals surface area contributed by atoms with Gasteiger partial charge in [-0.05, 0) is 44.0 Å². The van der Waals surface area contributed by atoms with Gasteiger partial charge in [-0.1, -0.05) is 6.42 Å². The van der Waals surface area contributed by atoms with Crippen molar-refractivity contribution in [1.29, 1.82) is 0 Å². The van der Waals surface area contributed by atoms with E-state index >= 15 is 0 Å². The van der Waals surface area contributed by atoms with E-state index in [9.17, 15) is 8.78 Å². The summed E-state index contributed by atoms with van der Waals surface area (Å²) in [4.78, 5) is 0. The van der Waals surface area contributed by atoms with Crippen molar-refractivity contribution in [2.75, 3.05) is 13.7 Å². The van der Waals surface area contributed by atoms with Crippen molar-refractivity contribution in [3.8, 4) is 5.75 Å². The number of alkyl halides is 1. The van der Waals surface area contributed by atoms with Crippen LogP contribution >= 0.6 is 0 Å². The summed E-state index contributed by atoms with van der Waals surface area (Å²) in [5, 5.41) is 3.33. The molecule has 2 unspecified atom stereocenters. The Labute approximate surface area is 106 Å². The lowest BCUT2D eigenvalue weighted by atomic mass is 9.94. The average Bonchev–Trinajstić information content (AvgIpc) is 2.38. The lowest BCUT2D eigenvalue weighted by Crippen LogP contribution is -2.27. The second kappa shape index (κ2) is 5.65. The van der Waals surface area contributed by atoms with Gasteiger partial charge in [-0.15, -0.1) is 0 Å². The fourth-order valence-corrected chi connectivity index (χ4v) is 2.46. The average molecular weight is 255 g/mol. The third-order valence-electron chi connectivity index (χ3n) is 3.44. The molecule has 0 spiro atoms. The van der Waals surface area contributed by atoms with Gasteiger partial charge in [-0.3, -0.25) is 0 Å².